The molecule has 0 spiro atoms. The van der Waals surface area contributed by atoms with Gasteiger partial charge in [-0.25, -0.2) is 4.98 Å². The zero-order valence-electron chi connectivity index (χ0n) is 7.15. The van der Waals surface area contributed by atoms with Crippen LogP contribution in [0.2, 0.25) is 0 Å². The second kappa shape index (κ2) is 3.32. The van der Waals surface area contributed by atoms with Crippen LogP contribution in [-0.4, -0.2) is 10.1 Å². The van der Waals surface area contributed by atoms with E-state index in [0.717, 1.165) is 4.88 Å². The molecule has 0 amide bonds. The number of thiophene rings is 1. The van der Waals surface area contributed by atoms with Crippen LogP contribution in [0, 0.1) is 6.92 Å². The number of hydrogen-bond donors (Lipinski definition) is 1. The van der Waals surface area contributed by atoms with Crippen molar-refractivity contribution in [3.8, 4) is 10.8 Å². The van der Waals surface area contributed by atoms with Gasteiger partial charge >= 0.3 is 0 Å². The van der Waals surface area contributed by atoms with Gasteiger partial charge in [-0.2, -0.15) is 0 Å². The molecule has 3 nitrogen and oxygen atoms in total. The highest BCUT2D eigenvalue weighted by molar-refractivity contribution is 7.15. The van der Waals surface area contributed by atoms with Crippen molar-refractivity contribution in [2.24, 2.45) is 0 Å². The number of aliphatic hydroxyl groups is 1. The van der Waals surface area contributed by atoms with Crippen LogP contribution in [0.4, 0.5) is 0 Å². The Kier molecular flexibility index (Phi) is 2.16. The molecule has 0 aliphatic carbocycles. The predicted octanol–water partition coefficient (Wildman–Crippen LogP) is 2.20. The van der Waals surface area contributed by atoms with Gasteiger partial charge in [0.1, 0.15) is 12.0 Å². The Morgan fingerprint density at radius 3 is 2.92 bits per heavy atom. The van der Waals surface area contributed by atoms with E-state index < -0.39 is 0 Å². The van der Waals surface area contributed by atoms with Gasteiger partial charge in [-0.3, -0.25) is 0 Å². The van der Waals surface area contributed by atoms with E-state index in [0.29, 0.717) is 11.6 Å². The lowest BCUT2D eigenvalue weighted by molar-refractivity contribution is 0.276. The van der Waals surface area contributed by atoms with Crippen LogP contribution in [0.5, 0.6) is 0 Å². The van der Waals surface area contributed by atoms with Crippen LogP contribution in [0.3, 0.4) is 0 Å². The van der Waals surface area contributed by atoms with Gasteiger partial charge in [0.25, 0.3) is 0 Å². The van der Waals surface area contributed by atoms with Gasteiger partial charge in [0.2, 0.25) is 5.89 Å². The second-order valence-electron chi connectivity index (χ2n) is 2.71. The van der Waals surface area contributed by atoms with Gasteiger partial charge < -0.3 is 9.52 Å². The van der Waals surface area contributed by atoms with Crippen LogP contribution in [-0.2, 0) is 6.61 Å². The molecule has 0 aromatic carbocycles. The molecule has 0 radical (unpaired) electrons. The maximum atomic E-state index is 8.78. The number of aryl methyl sites for hydroxylation is 1. The molecule has 1 N–H and O–H groups in total. The molecule has 68 valence electrons. The Morgan fingerprint density at radius 1 is 1.54 bits per heavy atom. The molecule has 2 heterocycles. The van der Waals surface area contributed by atoms with Gasteiger partial charge in [0.15, 0.2) is 0 Å². The van der Waals surface area contributed by atoms with Crippen molar-refractivity contribution < 1.29 is 9.52 Å². The first-order valence-corrected chi connectivity index (χ1v) is 4.73. The lowest BCUT2D eigenvalue weighted by Gasteiger charge is -1.85. The molecule has 2 aromatic rings. The van der Waals surface area contributed by atoms with Gasteiger partial charge in [-0.15, -0.1) is 11.3 Å². The highest BCUT2D eigenvalue weighted by atomic mass is 32.1. The average molecular weight is 195 g/mol. The summed E-state index contributed by atoms with van der Waals surface area (Å²) in [5.41, 5.74) is 0.570. The molecule has 0 saturated heterocycles. The van der Waals surface area contributed by atoms with E-state index in [9.17, 15) is 0 Å². The Balaban J connectivity index is 2.35. The third-order valence-electron chi connectivity index (χ3n) is 1.66. The molecule has 2 aromatic heterocycles. The van der Waals surface area contributed by atoms with Crippen molar-refractivity contribution in [3.05, 3.63) is 29.0 Å². The van der Waals surface area contributed by atoms with Crippen LogP contribution in [0.15, 0.2) is 22.8 Å². The second-order valence-corrected chi connectivity index (χ2v) is 4.00. The number of rotatable bonds is 2. The molecule has 0 bridgehead atoms. The van der Waals surface area contributed by atoms with Crippen molar-refractivity contribution in [2.75, 3.05) is 0 Å². The minimum Gasteiger partial charge on any atom is -0.443 e. The van der Waals surface area contributed by atoms with Crippen molar-refractivity contribution >= 4 is 11.3 Å². The summed E-state index contributed by atoms with van der Waals surface area (Å²) in [5, 5.41) is 8.78. The van der Waals surface area contributed by atoms with Gasteiger partial charge in [0.05, 0.1) is 11.5 Å². The number of oxazole rings is 1. The standard InChI is InChI=1S/C9H9NO2S/c1-6-2-3-8(13-6)9-10-7(4-11)5-12-9/h2-3,5,11H,4H2,1H3. The molecule has 0 saturated carbocycles. The van der Waals surface area contributed by atoms with E-state index in [4.69, 9.17) is 9.52 Å². The minimum absolute atomic E-state index is 0.0755. The number of aromatic nitrogens is 1. The number of nitrogens with zero attached hydrogens (tertiary/aromatic N) is 1. The highest BCUT2D eigenvalue weighted by Gasteiger charge is 2.07. The van der Waals surface area contributed by atoms with Crippen LogP contribution >= 0.6 is 11.3 Å². The lowest BCUT2D eigenvalue weighted by Crippen LogP contribution is -1.80. The molecule has 2 rings (SSSR count). The summed E-state index contributed by atoms with van der Waals surface area (Å²) >= 11 is 1.63. The molecule has 0 unspecified atom stereocenters. The fraction of sp³-hybridized carbons (Fsp3) is 0.222. The quantitative estimate of drug-likeness (QED) is 0.799. The SMILES string of the molecule is Cc1ccc(-c2nc(CO)co2)s1. The van der Waals surface area contributed by atoms with E-state index in [-0.39, 0.29) is 6.61 Å². The van der Waals surface area contributed by atoms with Crippen LogP contribution in [0.1, 0.15) is 10.6 Å². The maximum absolute atomic E-state index is 8.78. The molecule has 0 aliphatic heterocycles. The third-order valence-corrected chi connectivity index (χ3v) is 2.65. The summed E-state index contributed by atoms with van der Waals surface area (Å²) in [6, 6.07) is 3.98. The summed E-state index contributed by atoms with van der Waals surface area (Å²) in [4.78, 5) is 6.32. The smallest absolute Gasteiger partial charge is 0.236 e. The number of hydrogen-bond acceptors (Lipinski definition) is 4. The first-order valence-electron chi connectivity index (χ1n) is 3.91. The predicted molar refractivity (Wildman–Crippen MR) is 50.5 cm³/mol. The van der Waals surface area contributed by atoms with E-state index in [1.165, 1.54) is 11.1 Å². The fourth-order valence-corrected chi connectivity index (χ4v) is 1.84. The maximum Gasteiger partial charge on any atom is 0.236 e. The molecule has 0 atom stereocenters. The van der Waals surface area contributed by atoms with Crippen LogP contribution in [0.25, 0.3) is 10.8 Å². The van der Waals surface area contributed by atoms with E-state index in [1.54, 1.807) is 11.3 Å². The lowest BCUT2D eigenvalue weighted by atomic mass is 10.4. The molecule has 13 heavy (non-hydrogen) atoms. The summed E-state index contributed by atoms with van der Waals surface area (Å²) < 4.78 is 5.19. The Labute approximate surface area is 79.7 Å². The number of aliphatic hydroxyl groups excluding tert-OH is 1. The van der Waals surface area contributed by atoms with Crippen LogP contribution < -0.4 is 0 Å². The van der Waals surface area contributed by atoms with Crippen molar-refractivity contribution in [1.29, 1.82) is 0 Å². The van der Waals surface area contributed by atoms with E-state index in [2.05, 4.69) is 4.98 Å². The summed E-state index contributed by atoms with van der Waals surface area (Å²) in [5.74, 6) is 0.585. The monoisotopic (exact) mass is 195 g/mol. The summed E-state index contributed by atoms with van der Waals surface area (Å²) in [6.45, 7) is 1.96. The average Bonchev–Trinajstić information content (AvgIpc) is 2.71. The Bertz CT molecular complexity index is 405. The molecular weight excluding hydrogens is 186 g/mol. The molecule has 0 fully saturated rings. The van der Waals surface area contributed by atoms with Crippen molar-refractivity contribution in [1.82, 2.24) is 4.98 Å². The molecule has 4 heteroatoms. The minimum atomic E-state index is -0.0755. The third kappa shape index (κ3) is 1.64. The topological polar surface area (TPSA) is 46.3 Å². The van der Waals surface area contributed by atoms with E-state index in [1.807, 2.05) is 19.1 Å². The van der Waals surface area contributed by atoms with Gasteiger partial charge in [0, 0.05) is 4.88 Å². The fourth-order valence-electron chi connectivity index (χ4n) is 1.04. The molecule has 0 aliphatic rings. The van der Waals surface area contributed by atoms with Crippen molar-refractivity contribution in [3.63, 3.8) is 0 Å². The zero-order chi connectivity index (χ0) is 9.26. The Hall–Kier alpha value is -1.13. The van der Waals surface area contributed by atoms with Gasteiger partial charge in [-0.1, -0.05) is 0 Å². The largest absolute Gasteiger partial charge is 0.443 e. The Morgan fingerprint density at radius 2 is 2.38 bits per heavy atom. The normalized spacial score (nSPS) is 10.6. The molecular formula is C9H9NO2S. The highest BCUT2D eigenvalue weighted by Crippen LogP contribution is 2.26. The summed E-state index contributed by atoms with van der Waals surface area (Å²) in [6.07, 6.45) is 1.48. The van der Waals surface area contributed by atoms with Crippen molar-refractivity contribution in [2.45, 2.75) is 13.5 Å². The first-order chi connectivity index (χ1) is 6.29. The zero-order valence-corrected chi connectivity index (χ0v) is 7.97. The van der Waals surface area contributed by atoms with Gasteiger partial charge in [-0.05, 0) is 19.1 Å². The van der Waals surface area contributed by atoms with E-state index >= 15 is 0 Å². The first kappa shape index (κ1) is 8.47. The summed E-state index contributed by atoms with van der Waals surface area (Å²) in [7, 11) is 0.